The molecule has 0 spiro atoms. The molecule has 3 heterocycles. The highest BCUT2D eigenvalue weighted by molar-refractivity contribution is 8.00. The van der Waals surface area contributed by atoms with E-state index in [1.165, 1.54) is 43.5 Å². The van der Waals surface area contributed by atoms with E-state index in [0.717, 1.165) is 28.0 Å². The van der Waals surface area contributed by atoms with Crippen molar-refractivity contribution in [1.82, 2.24) is 4.98 Å². The highest BCUT2D eigenvalue weighted by Gasteiger charge is 2.56. The molecule has 13 heteroatoms. The van der Waals surface area contributed by atoms with Crippen molar-refractivity contribution < 1.29 is 33.4 Å². The third-order valence-corrected chi connectivity index (χ3v) is 9.37. The lowest BCUT2D eigenvalue weighted by molar-refractivity contribution is -0.122. The first-order valence-electron chi connectivity index (χ1n) is 12.7. The van der Waals surface area contributed by atoms with E-state index < -0.39 is 40.6 Å². The van der Waals surface area contributed by atoms with Crippen LogP contribution in [-0.2, 0) is 14.4 Å². The first-order chi connectivity index (χ1) is 20.2. The molecule has 6 rings (SSSR count). The number of ether oxygens (including phenoxy) is 2. The number of thiazole rings is 1. The Labute approximate surface area is 246 Å². The molecule has 0 saturated carbocycles. The predicted molar refractivity (Wildman–Crippen MR) is 154 cm³/mol. The van der Waals surface area contributed by atoms with Crippen molar-refractivity contribution in [3.8, 4) is 17.2 Å². The number of carbonyl (C=O) groups is 3. The maximum atomic E-state index is 13.8. The first-order valence-corrected chi connectivity index (χ1v) is 14.4. The third kappa shape index (κ3) is 5.01. The molecule has 2 aliphatic heterocycles. The number of hydrogen-bond acceptors (Lipinski definition) is 9. The number of aromatic nitrogens is 1. The lowest BCUT2D eigenvalue weighted by atomic mass is 9.83. The summed E-state index contributed by atoms with van der Waals surface area (Å²) >= 11 is 2.11. The van der Waals surface area contributed by atoms with Gasteiger partial charge in [0.15, 0.2) is 18.1 Å². The molecule has 2 aliphatic rings. The number of aromatic amines is 1. The number of aromatic hydroxyl groups is 1. The van der Waals surface area contributed by atoms with Crippen molar-refractivity contribution in [3.05, 3.63) is 92.7 Å². The molecular weight excluding hydrogens is 585 g/mol. The summed E-state index contributed by atoms with van der Waals surface area (Å²) in [7, 11) is 1.43. The maximum Gasteiger partial charge on any atom is 0.305 e. The van der Waals surface area contributed by atoms with Crippen LogP contribution in [0.2, 0.25) is 0 Å². The van der Waals surface area contributed by atoms with E-state index in [2.05, 4.69) is 10.3 Å². The van der Waals surface area contributed by atoms with Crippen LogP contribution in [0.3, 0.4) is 0 Å². The number of phenols is 1. The number of rotatable bonds is 7. The van der Waals surface area contributed by atoms with Crippen LogP contribution in [0.4, 0.5) is 15.8 Å². The van der Waals surface area contributed by atoms with E-state index >= 15 is 0 Å². The molecule has 2 unspecified atom stereocenters. The Morgan fingerprint density at radius 2 is 1.76 bits per heavy atom. The molecule has 0 bridgehead atoms. The number of anilines is 2. The van der Waals surface area contributed by atoms with Crippen molar-refractivity contribution in [1.29, 1.82) is 0 Å². The van der Waals surface area contributed by atoms with Gasteiger partial charge in [0.1, 0.15) is 16.8 Å². The fourth-order valence-electron chi connectivity index (χ4n) is 5.10. The van der Waals surface area contributed by atoms with Gasteiger partial charge in [-0.15, -0.1) is 0 Å². The second-order valence-electron chi connectivity index (χ2n) is 9.53. The minimum absolute atomic E-state index is 0.0721. The zero-order valence-corrected chi connectivity index (χ0v) is 23.5. The molecule has 1 aromatic heterocycles. The number of amides is 3. The van der Waals surface area contributed by atoms with Crippen molar-refractivity contribution in [2.45, 2.75) is 16.2 Å². The number of imide groups is 1. The molecule has 3 amide bonds. The summed E-state index contributed by atoms with van der Waals surface area (Å²) < 4.78 is 24.8. The largest absolute Gasteiger partial charge is 0.508 e. The lowest BCUT2D eigenvalue weighted by Crippen LogP contribution is -2.32. The van der Waals surface area contributed by atoms with E-state index in [9.17, 15) is 28.7 Å². The fraction of sp³-hybridized carbons (Fsp3) is 0.172. The Balaban J connectivity index is 1.29. The number of thioether (sulfide) groups is 1. The Bertz CT molecular complexity index is 1750. The van der Waals surface area contributed by atoms with Crippen LogP contribution in [0.25, 0.3) is 0 Å². The lowest BCUT2D eigenvalue weighted by Gasteiger charge is -2.30. The van der Waals surface area contributed by atoms with Gasteiger partial charge in [-0.2, -0.15) is 0 Å². The molecule has 3 aromatic carbocycles. The number of halogens is 1. The third-order valence-electron chi connectivity index (χ3n) is 6.97. The van der Waals surface area contributed by atoms with Crippen molar-refractivity contribution in [2.24, 2.45) is 5.92 Å². The number of nitrogens with zero attached hydrogens (tertiary/aromatic N) is 1. The van der Waals surface area contributed by atoms with Crippen molar-refractivity contribution in [2.75, 3.05) is 23.9 Å². The number of phenolic OH excluding ortho intramolecular Hbond substituents is 1. The number of carbonyl (C=O) groups excluding carboxylic acids is 3. The van der Waals surface area contributed by atoms with Gasteiger partial charge in [-0.3, -0.25) is 19.2 Å². The Morgan fingerprint density at radius 3 is 2.48 bits per heavy atom. The van der Waals surface area contributed by atoms with Crippen LogP contribution >= 0.6 is 23.1 Å². The summed E-state index contributed by atoms with van der Waals surface area (Å²) in [6, 6.07) is 16.1. The minimum atomic E-state index is -0.834. The Hall–Kier alpha value is -4.62. The molecule has 0 aliphatic carbocycles. The van der Waals surface area contributed by atoms with Gasteiger partial charge in [-0.25, -0.2) is 9.29 Å². The maximum absolute atomic E-state index is 13.8. The summed E-state index contributed by atoms with van der Waals surface area (Å²) in [6.07, 6.45) is 0. The summed E-state index contributed by atoms with van der Waals surface area (Å²) in [5.74, 6) is -2.68. The van der Waals surface area contributed by atoms with Crippen LogP contribution in [0.15, 0.2) is 76.6 Å². The van der Waals surface area contributed by atoms with Gasteiger partial charge in [0.2, 0.25) is 11.8 Å². The Kier molecular flexibility index (Phi) is 7.21. The average Bonchev–Trinajstić information content (AvgIpc) is 3.47. The number of fused-ring (bicyclic) bond motifs is 2. The van der Waals surface area contributed by atoms with E-state index in [0.29, 0.717) is 21.2 Å². The van der Waals surface area contributed by atoms with Crippen molar-refractivity contribution >= 4 is 52.2 Å². The molecule has 4 aromatic rings. The monoisotopic (exact) mass is 607 g/mol. The molecule has 3 atom stereocenters. The fourth-order valence-corrected chi connectivity index (χ4v) is 7.62. The quantitative estimate of drug-likeness (QED) is 0.211. The highest BCUT2D eigenvalue weighted by Crippen LogP contribution is 2.53. The van der Waals surface area contributed by atoms with E-state index in [4.69, 9.17) is 9.47 Å². The zero-order valence-electron chi connectivity index (χ0n) is 21.8. The number of nitrogens with one attached hydrogen (secondary N) is 2. The van der Waals surface area contributed by atoms with Gasteiger partial charge in [0.05, 0.1) is 23.7 Å². The number of methoxy groups -OCH3 is 1. The van der Waals surface area contributed by atoms with Gasteiger partial charge in [0.25, 0.3) is 5.91 Å². The highest BCUT2D eigenvalue weighted by atomic mass is 32.2. The first kappa shape index (κ1) is 27.5. The molecule has 10 nitrogen and oxygen atoms in total. The van der Waals surface area contributed by atoms with Crippen LogP contribution in [0, 0.1) is 11.7 Å². The number of H-pyrrole nitrogens is 1. The average molecular weight is 608 g/mol. The van der Waals surface area contributed by atoms with Crippen LogP contribution in [0.5, 0.6) is 17.2 Å². The molecule has 214 valence electrons. The van der Waals surface area contributed by atoms with E-state index in [1.54, 1.807) is 30.3 Å². The van der Waals surface area contributed by atoms with Crippen LogP contribution in [0.1, 0.15) is 16.4 Å². The summed E-state index contributed by atoms with van der Waals surface area (Å²) in [6.45, 7) is -0.329. The molecule has 0 radical (unpaired) electrons. The second kappa shape index (κ2) is 11.0. The van der Waals surface area contributed by atoms with Crippen molar-refractivity contribution in [3.63, 3.8) is 0 Å². The van der Waals surface area contributed by atoms with Gasteiger partial charge in [0, 0.05) is 16.5 Å². The normalized spacial score (nSPS) is 19.3. The van der Waals surface area contributed by atoms with E-state index in [-0.39, 0.29) is 34.4 Å². The SMILES string of the molecule is COc1cc([C@H]2c3sc(=O)[nH]c3SC3C(=O)N(c4ccc(F)cc4)C(=O)C32)ccc1OCC(=O)Nc1ccc(O)cc1. The predicted octanol–water partition coefficient (Wildman–Crippen LogP) is 4.10. The summed E-state index contributed by atoms with van der Waals surface area (Å²) in [4.78, 5) is 56.2. The van der Waals surface area contributed by atoms with Gasteiger partial charge < -0.3 is 24.9 Å². The molecule has 1 fully saturated rings. The summed E-state index contributed by atoms with van der Waals surface area (Å²) in [5.41, 5.74) is 1.37. The standard InChI is InChI=1S/C29H22FN3O7S2/c1-39-20-12-14(2-11-19(20)40-13-21(35)31-16-5-9-18(34)10-6-16)22-23-25(41-26-24(22)42-29(38)32-26)28(37)33(27(23)36)17-7-3-15(30)4-8-17/h2-12,22-23,25,34H,13H2,1H3,(H,31,35)(H,32,38)/t22-,23?,25?/m1/s1. The zero-order chi connectivity index (χ0) is 29.5. The molecule has 42 heavy (non-hydrogen) atoms. The van der Waals surface area contributed by atoms with Gasteiger partial charge >= 0.3 is 4.87 Å². The molecule has 1 saturated heterocycles. The number of hydrogen-bond donors (Lipinski definition) is 3. The summed E-state index contributed by atoms with van der Waals surface area (Å²) in [5, 5.41) is 11.8. The minimum Gasteiger partial charge on any atom is -0.508 e. The van der Waals surface area contributed by atoms with Gasteiger partial charge in [-0.05, 0) is 66.2 Å². The Morgan fingerprint density at radius 1 is 1.02 bits per heavy atom. The van der Waals surface area contributed by atoms with Gasteiger partial charge in [-0.1, -0.05) is 29.2 Å². The second-order valence-corrected chi connectivity index (χ2v) is 11.7. The van der Waals surface area contributed by atoms with Crippen LogP contribution in [-0.4, -0.2) is 46.8 Å². The van der Waals surface area contributed by atoms with E-state index in [1.807, 2.05) is 0 Å². The molecule has 3 N–H and O–H groups in total. The molecular formula is C29H22FN3O7S2. The topological polar surface area (TPSA) is 138 Å². The number of benzene rings is 3. The van der Waals surface area contributed by atoms with Crippen LogP contribution < -0.4 is 24.6 Å². The smallest absolute Gasteiger partial charge is 0.305 e.